The number of fused-ring (bicyclic) bond motifs is 5. The first-order valence-corrected chi connectivity index (χ1v) is 19.3. The van der Waals surface area contributed by atoms with Gasteiger partial charge in [0, 0.05) is 27.6 Å². The Hall–Kier alpha value is -7.62. The van der Waals surface area contributed by atoms with Gasteiger partial charge in [-0.25, -0.2) is 9.97 Å². The van der Waals surface area contributed by atoms with Crippen molar-refractivity contribution in [2.24, 2.45) is 0 Å². The van der Waals surface area contributed by atoms with Crippen LogP contribution in [0.25, 0.3) is 111 Å². The molecule has 9 aromatic carbocycles. The van der Waals surface area contributed by atoms with Crippen LogP contribution in [-0.2, 0) is 0 Å². The molecule has 0 bridgehead atoms. The molecule has 0 radical (unpaired) electrons. The molecular weight excluding hydrogens is 693 g/mol. The highest BCUT2D eigenvalue weighted by Gasteiger charge is 2.20. The van der Waals surface area contributed by atoms with E-state index in [1.54, 1.807) is 0 Å². The van der Waals surface area contributed by atoms with Crippen LogP contribution in [0.2, 0.25) is 0 Å². The fraction of sp³-hybridized carbons (Fsp3) is 0. The summed E-state index contributed by atoms with van der Waals surface area (Å²) < 4.78 is 6.37. The van der Waals surface area contributed by atoms with Gasteiger partial charge < -0.3 is 4.42 Å². The highest BCUT2D eigenvalue weighted by molar-refractivity contribution is 6.27. The van der Waals surface area contributed by atoms with Crippen LogP contribution >= 0.6 is 0 Å². The predicted molar refractivity (Wildman–Crippen MR) is 237 cm³/mol. The molecular formula is C54H34N2O. The third kappa shape index (κ3) is 5.68. The monoisotopic (exact) mass is 726 g/mol. The number of nitrogens with zero attached hydrogens (tertiary/aromatic N) is 2. The first-order valence-electron chi connectivity index (χ1n) is 19.3. The molecule has 0 unspecified atom stereocenters. The molecule has 0 saturated heterocycles. The van der Waals surface area contributed by atoms with Crippen LogP contribution in [0.3, 0.4) is 0 Å². The average Bonchev–Trinajstić information content (AvgIpc) is 3.73. The number of hydrogen-bond acceptors (Lipinski definition) is 3. The summed E-state index contributed by atoms with van der Waals surface area (Å²) in [5.74, 6) is 1.48. The summed E-state index contributed by atoms with van der Waals surface area (Å²) in [7, 11) is 0. The Morgan fingerprint density at radius 1 is 0.333 bits per heavy atom. The maximum Gasteiger partial charge on any atom is 0.160 e. The summed E-state index contributed by atoms with van der Waals surface area (Å²) in [6.45, 7) is 0. The molecule has 266 valence electrons. The molecule has 0 aliphatic heterocycles. The molecule has 57 heavy (non-hydrogen) atoms. The van der Waals surface area contributed by atoms with Gasteiger partial charge in [-0.15, -0.1) is 0 Å². The zero-order valence-corrected chi connectivity index (χ0v) is 30.9. The molecule has 11 rings (SSSR count). The number of benzene rings is 9. The SMILES string of the molecule is c1ccc(-c2nc(-c3ccc(-c4c5ccccc5c(-c5ccccc5)c5c4ccc4ccccc45)cc3)cc(-c3ccccc3-c3cc4ccccc4o3)n2)cc1. The molecule has 0 atom stereocenters. The molecule has 0 saturated carbocycles. The Balaban J connectivity index is 1.09. The summed E-state index contributed by atoms with van der Waals surface area (Å²) in [6.07, 6.45) is 0. The Labute approximate surface area is 330 Å². The van der Waals surface area contributed by atoms with Crippen molar-refractivity contribution in [1.29, 1.82) is 0 Å². The summed E-state index contributed by atoms with van der Waals surface area (Å²) in [6, 6.07) is 72.7. The maximum absolute atomic E-state index is 6.37. The largest absolute Gasteiger partial charge is 0.456 e. The van der Waals surface area contributed by atoms with Crippen LogP contribution in [-0.4, -0.2) is 9.97 Å². The van der Waals surface area contributed by atoms with E-state index >= 15 is 0 Å². The molecule has 2 heterocycles. The highest BCUT2D eigenvalue weighted by atomic mass is 16.3. The smallest absolute Gasteiger partial charge is 0.160 e. The number of hydrogen-bond donors (Lipinski definition) is 0. The summed E-state index contributed by atoms with van der Waals surface area (Å²) in [5.41, 5.74) is 11.4. The maximum atomic E-state index is 6.37. The van der Waals surface area contributed by atoms with E-state index < -0.39 is 0 Å². The molecule has 0 N–H and O–H groups in total. The number of furan rings is 1. The standard InChI is InChI=1S/C54H34N2O/c1-3-16-37(17-4-1)52-45-25-13-12-24-44(45)51(46-32-31-35-15-7-9-21-41(35)53(46)52)38-29-27-36(28-30-38)47-34-48(56-54(55-47)39-18-5-2-6-19-39)42-22-10-11-23-43(42)50-33-40-20-8-14-26-49(40)57-50/h1-34H. The number of rotatable bonds is 6. The van der Waals surface area contributed by atoms with Crippen LogP contribution in [0.4, 0.5) is 0 Å². The Kier molecular flexibility index (Phi) is 7.82. The first kappa shape index (κ1) is 32.8. The molecule has 2 aromatic heterocycles. The molecule has 0 spiro atoms. The fourth-order valence-electron chi connectivity index (χ4n) is 8.46. The van der Waals surface area contributed by atoms with E-state index in [0.717, 1.165) is 55.9 Å². The fourth-order valence-corrected chi connectivity index (χ4v) is 8.46. The van der Waals surface area contributed by atoms with Crippen molar-refractivity contribution in [2.45, 2.75) is 0 Å². The lowest BCUT2D eigenvalue weighted by atomic mass is 9.84. The van der Waals surface area contributed by atoms with Crippen LogP contribution in [0.5, 0.6) is 0 Å². The zero-order valence-electron chi connectivity index (χ0n) is 30.9. The topological polar surface area (TPSA) is 38.9 Å². The minimum atomic E-state index is 0.673. The Morgan fingerprint density at radius 2 is 0.895 bits per heavy atom. The Bertz CT molecular complexity index is 3240. The van der Waals surface area contributed by atoms with E-state index in [1.165, 1.54) is 49.0 Å². The van der Waals surface area contributed by atoms with E-state index in [-0.39, 0.29) is 0 Å². The molecule has 11 aromatic rings. The molecule has 0 fully saturated rings. The van der Waals surface area contributed by atoms with Crippen LogP contribution in [0, 0.1) is 0 Å². The van der Waals surface area contributed by atoms with E-state index in [0.29, 0.717) is 5.82 Å². The van der Waals surface area contributed by atoms with Gasteiger partial charge in [0.25, 0.3) is 0 Å². The van der Waals surface area contributed by atoms with Gasteiger partial charge in [-0.1, -0.05) is 188 Å². The van der Waals surface area contributed by atoms with E-state index in [2.05, 4.69) is 164 Å². The van der Waals surface area contributed by atoms with E-state index in [1.807, 2.05) is 42.5 Å². The normalized spacial score (nSPS) is 11.5. The van der Waals surface area contributed by atoms with Gasteiger partial charge in [0.1, 0.15) is 11.3 Å². The van der Waals surface area contributed by atoms with Gasteiger partial charge in [-0.05, 0) is 72.8 Å². The molecule has 0 aliphatic rings. The van der Waals surface area contributed by atoms with Crippen molar-refractivity contribution in [1.82, 2.24) is 9.97 Å². The van der Waals surface area contributed by atoms with Crippen molar-refractivity contribution in [3.05, 3.63) is 206 Å². The third-order valence-electron chi connectivity index (χ3n) is 11.1. The van der Waals surface area contributed by atoms with Gasteiger partial charge in [0.2, 0.25) is 0 Å². The van der Waals surface area contributed by atoms with E-state index in [9.17, 15) is 0 Å². The molecule has 0 aliphatic carbocycles. The molecule has 3 nitrogen and oxygen atoms in total. The van der Waals surface area contributed by atoms with Gasteiger partial charge in [-0.2, -0.15) is 0 Å². The Morgan fingerprint density at radius 3 is 1.65 bits per heavy atom. The zero-order chi connectivity index (χ0) is 37.7. The lowest BCUT2D eigenvalue weighted by molar-refractivity contribution is 0.632. The third-order valence-corrected chi connectivity index (χ3v) is 11.1. The molecule has 0 amide bonds. The van der Waals surface area contributed by atoms with Crippen LogP contribution < -0.4 is 0 Å². The second-order valence-electron chi connectivity index (χ2n) is 14.5. The number of aromatic nitrogens is 2. The summed E-state index contributed by atoms with van der Waals surface area (Å²) in [4.78, 5) is 10.4. The van der Waals surface area contributed by atoms with Crippen molar-refractivity contribution >= 4 is 43.3 Å². The highest BCUT2D eigenvalue weighted by Crippen LogP contribution is 2.46. The van der Waals surface area contributed by atoms with Crippen molar-refractivity contribution in [3.8, 4) is 67.5 Å². The minimum absolute atomic E-state index is 0.673. The minimum Gasteiger partial charge on any atom is -0.456 e. The lowest BCUT2D eigenvalue weighted by Crippen LogP contribution is -1.97. The quantitative estimate of drug-likeness (QED) is 0.126. The van der Waals surface area contributed by atoms with Crippen LogP contribution in [0.15, 0.2) is 211 Å². The summed E-state index contributed by atoms with van der Waals surface area (Å²) in [5, 5.41) is 8.52. The van der Waals surface area contributed by atoms with Gasteiger partial charge in [-0.3, -0.25) is 0 Å². The predicted octanol–water partition coefficient (Wildman–Crippen LogP) is 14.7. The molecule has 3 heteroatoms. The lowest BCUT2D eigenvalue weighted by Gasteiger charge is -2.19. The van der Waals surface area contributed by atoms with Crippen molar-refractivity contribution in [2.75, 3.05) is 0 Å². The second-order valence-corrected chi connectivity index (χ2v) is 14.5. The summed E-state index contributed by atoms with van der Waals surface area (Å²) >= 11 is 0. The van der Waals surface area contributed by atoms with Crippen molar-refractivity contribution in [3.63, 3.8) is 0 Å². The van der Waals surface area contributed by atoms with Crippen LogP contribution in [0.1, 0.15) is 0 Å². The average molecular weight is 727 g/mol. The van der Waals surface area contributed by atoms with Gasteiger partial charge in [0.15, 0.2) is 5.82 Å². The van der Waals surface area contributed by atoms with Crippen molar-refractivity contribution < 1.29 is 4.42 Å². The van der Waals surface area contributed by atoms with Gasteiger partial charge in [0.05, 0.1) is 11.4 Å². The van der Waals surface area contributed by atoms with E-state index in [4.69, 9.17) is 14.4 Å². The first-order chi connectivity index (χ1) is 28.3. The second kappa shape index (κ2) is 13.6. The van der Waals surface area contributed by atoms with Gasteiger partial charge >= 0.3 is 0 Å². The number of para-hydroxylation sites is 1.